The lowest BCUT2D eigenvalue weighted by atomic mass is 9.93. The quantitative estimate of drug-likeness (QED) is 0.0448. The minimum absolute atomic E-state index is 0.0105. The maximum atomic E-state index is 14.3. The van der Waals surface area contributed by atoms with E-state index in [0.717, 1.165) is 25.7 Å². The molecule has 2 saturated carbocycles. The molecule has 7 aromatic rings. The number of ether oxygens (including phenoxy) is 1. The van der Waals surface area contributed by atoms with Crippen molar-refractivity contribution < 1.29 is 49.0 Å². The van der Waals surface area contributed by atoms with Crippen LogP contribution >= 0.6 is 34.8 Å². The van der Waals surface area contributed by atoms with Crippen molar-refractivity contribution in [3.05, 3.63) is 129 Å². The SMILES string of the molecule is O=C(CC(c1ccc(S(=O)(=O)CC2CC2)cc1)c1nc2cc(Cl)c(N3CCC(F)(F)CC3)c(Cl)c2[nH]1)NC(O)CC(c1ccc(S(=O)(=O)CC2CC2)cc1)c1nc2cc(-c3ccccc3OC(F)F)c(Cl)cc2[nH]1. The first-order valence-corrected chi connectivity index (χ1v) is 28.5. The van der Waals surface area contributed by atoms with Crippen molar-refractivity contribution in [2.75, 3.05) is 29.5 Å². The summed E-state index contributed by atoms with van der Waals surface area (Å²) < 4.78 is 113. The molecule has 0 spiro atoms. The lowest BCUT2D eigenvalue weighted by Gasteiger charge is -2.34. The zero-order valence-corrected chi connectivity index (χ0v) is 43.2. The number of hydrogen-bond acceptors (Lipinski definition) is 10. The van der Waals surface area contributed by atoms with Gasteiger partial charge in [-0.3, -0.25) is 4.79 Å². The maximum absolute atomic E-state index is 14.3. The Bertz CT molecular complexity index is 3480. The molecule has 22 heteroatoms. The highest BCUT2D eigenvalue weighted by molar-refractivity contribution is 7.91. The molecule has 4 N–H and O–H groups in total. The first-order chi connectivity index (χ1) is 35.2. The number of sulfone groups is 2. The van der Waals surface area contributed by atoms with Crippen molar-refractivity contribution >= 4 is 88.1 Å². The first kappa shape index (κ1) is 52.0. The van der Waals surface area contributed by atoms with E-state index in [0.29, 0.717) is 55.8 Å². The smallest absolute Gasteiger partial charge is 0.387 e. The van der Waals surface area contributed by atoms with Gasteiger partial charge in [0.15, 0.2) is 19.7 Å². The molecule has 390 valence electrons. The summed E-state index contributed by atoms with van der Waals surface area (Å²) in [5.74, 6) is -4.42. The van der Waals surface area contributed by atoms with Crippen LogP contribution in [0.25, 0.3) is 33.2 Å². The predicted octanol–water partition coefficient (Wildman–Crippen LogP) is 11.4. The Balaban J connectivity index is 0.956. The number of amides is 1. The van der Waals surface area contributed by atoms with Crippen LogP contribution < -0.4 is 15.0 Å². The topological polar surface area (TPSA) is 187 Å². The Morgan fingerprint density at radius 3 is 1.92 bits per heavy atom. The van der Waals surface area contributed by atoms with Crippen LogP contribution in [0, 0.1) is 11.8 Å². The van der Waals surface area contributed by atoms with E-state index in [2.05, 4.69) is 15.3 Å². The molecule has 10 rings (SSSR count). The molecule has 74 heavy (non-hydrogen) atoms. The van der Waals surface area contributed by atoms with Crippen molar-refractivity contribution in [1.29, 1.82) is 0 Å². The highest BCUT2D eigenvalue weighted by atomic mass is 35.5. The summed E-state index contributed by atoms with van der Waals surface area (Å²) in [6.45, 7) is -3.07. The van der Waals surface area contributed by atoms with Gasteiger partial charge in [0, 0.05) is 55.8 Å². The molecule has 3 heterocycles. The lowest BCUT2D eigenvalue weighted by Crippen LogP contribution is -2.39. The number of nitrogens with zero attached hydrogens (tertiary/aromatic N) is 3. The van der Waals surface area contributed by atoms with Crippen LogP contribution in [0.5, 0.6) is 5.75 Å². The molecule has 2 aliphatic carbocycles. The minimum Gasteiger partial charge on any atom is -0.434 e. The van der Waals surface area contributed by atoms with E-state index >= 15 is 0 Å². The predicted molar refractivity (Wildman–Crippen MR) is 275 cm³/mol. The number of fused-ring (bicyclic) bond motifs is 2. The summed E-state index contributed by atoms with van der Waals surface area (Å²) in [6.07, 6.45) is 0.549. The number of aromatic nitrogens is 4. The zero-order chi connectivity index (χ0) is 52.3. The molecule has 0 bridgehead atoms. The molecule has 1 amide bonds. The third-order valence-electron chi connectivity index (χ3n) is 13.9. The average molecular weight is 1120 g/mol. The average Bonchev–Trinajstić information content (AvgIpc) is 4.26. The summed E-state index contributed by atoms with van der Waals surface area (Å²) in [7, 11) is -7.18. The summed E-state index contributed by atoms with van der Waals surface area (Å²) >= 11 is 20.5. The van der Waals surface area contributed by atoms with Gasteiger partial charge < -0.3 is 30.0 Å². The first-order valence-electron chi connectivity index (χ1n) is 24.1. The van der Waals surface area contributed by atoms with Gasteiger partial charge in [-0.2, -0.15) is 8.78 Å². The molecule has 3 unspecified atom stereocenters. The van der Waals surface area contributed by atoms with Crippen LogP contribution in [-0.2, 0) is 24.5 Å². The number of carbonyl (C=O) groups excluding carboxylic acids is 1. The number of nitrogens with one attached hydrogen (secondary N) is 3. The number of rotatable bonds is 19. The highest BCUT2D eigenvalue weighted by Crippen LogP contribution is 2.44. The summed E-state index contributed by atoms with van der Waals surface area (Å²) in [5.41, 5.74) is 3.55. The fourth-order valence-corrected chi connectivity index (χ4v) is 14.0. The van der Waals surface area contributed by atoms with E-state index in [-0.39, 0.29) is 98.5 Å². The number of carbonyl (C=O) groups is 1. The minimum atomic E-state index is -3.59. The number of halogens is 7. The van der Waals surface area contributed by atoms with Crippen molar-refractivity contribution in [2.24, 2.45) is 11.8 Å². The molecular weight excluding hydrogens is 1070 g/mol. The Hall–Kier alpha value is -5.44. The molecule has 2 aromatic heterocycles. The molecule has 3 fully saturated rings. The van der Waals surface area contributed by atoms with Crippen molar-refractivity contribution in [3.8, 4) is 16.9 Å². The monoisotopic (exact) mass is 1110 g/mol. The van der Waals surface area contributed by atoms with E-state index in [1.54, 1.807) is 65.6 Å². The van der Waals surface area contributed by atoms with Crippen LogP contribution in [0.2, 0.25) is 15.1 Å². The van der Waals surface area contributed by atoms with Gasteiger partial charge in [0.2, 0.25) is 5.91 Å². The second-order valence-corrected chi connectivity index (χ2v) is 24.7. The standard InChI is InChI=1S/C52H49Cl3F4N6O7S2/c53-38-24-41-40(21-37(38)34-3-1-2-4-43(34)72-51(56)57)60-49(61-41)35(30-9-13-32(14-10-30)73(68,69)26-28-5-6-28)22-44(66)63-45(67)23-36(31-11-15-33(16-12-31)74(70,71)27-29-7-8-29)50-62-42-25-39(54)48(46(55)47(42)64-50)65-19-17-52(58,59)18-20-65/h1-4,9-16,21,24-25,28-29,35-36,44,51,66H,5-8,17-20,22-23,26-27H2,(H,60,61)(H,62,64)(H,63,67). The van der Waals surface area contributed by atoms with Gasteiger partial charge in [-0.1, -0.05) is 77.3 Å². The molecule has 13 nitrogen and oxygen atoms in total. The van der Waals surface area contributed by atoms with Crippen molar-refractivity contribution in [2.45, 2.75) is 91.8 Å². The number of anilines is 1. The molecule has 3 atom stereocenters. The van der Waals surface area contributed by atoms with Crippen LogP contribution in [0.15, 0.2) is 101 Å². The summed E-state index contributed by atoms with van der Waals surface area (Å²) in [5, 5.41) is 15.0. The number of alkyl halides is 4. The lowest BCUT2D eigenvalue weighted by molar-refractivity contribution is -0.124. The van der Waals surface area contributed by atoms with Crippen LogP contribution in [0.3, 0.4) is 0 Å². The largest absolute Gasteiger partial charge is 0.434 e. The third kappa shape index (κ3) is 11.5. The van der Waals surface area contributed by atoms with Crippen molar-refractivity contribution in [3.63, 3.8) is 0 Å². The number of imidazole rings is 2. The number of piperidine rings is 1. The normalized spacial score (nSPS) is 17.4. The molecule has 0 radical (unpaired) electrons. The van der Waals surface area contributed by atoms with E-state index in [9.17, 15) is 44.3 Å². The number of hydrogen-bond donors (Lipinski definition) is 4. The number of benzene rings is 5. The molecular formula is C52H49Cl3F4N6O7S2. The van der Waals surface area contributed by atoms with Gasteiger partial charge in [0.1, 0.15) is 23.6 Å². The second-order valence-electron chi connectivity index (χ2n) is 19.4. The van der Waals surface area contributed by atoms with Crippen molar-refractivity contribution in [1.82, 2.24) is 25.3 Å². The Labute approximate surface area is 438 Å². The third-order valence-corrected chi connectivity index (χ3v) is 18.7. The Kier molecular flexibility index (Phi) is 14.5. The fourth-order valence-electron chi connectivity index (χ4n) is 9.60. The molecule has 5 aromatic carbocycles. The number of H-pyrrole nitrogens is 2. The summed E-state index contributed by atoms with van der Waals surface area (Å²) in [6, 6.07) is 23.3. The number of para-hydroxylation sites is 1. The Morgan fingerprint density at radius 2 is 1.32 bits per heavy atom. The molecule has 1 saturated heterocycles. The van der Waals surface area contributed by atoms with Gasteiger partial charge in [-0.05, 0) is 97.2 Å². The molecule has 1 aliphatic heterocycles. The summed E-state index contributed by atoms with van der Waals surface area (Å²) in [4.78, 5) is 32.3. The van der Waals surface area contributed by atoms with E-state index in [1.165, 1.54) is 30.3 Å². The molecule has 3 aliphatic rings. The van der Waals surface area contributed by atoms with Gasteiger partial charge in [-0.25, -0.2) is 35.6 Å². The fraction of sp³-hybridized carbons (Fsp3) is 0.365. The van der Waals surface area contributed by atoms with Gasteiger partial charge in [0.25, 0.3) is 5.92 Å². The highest BCUT2D eigenvalue weighted by Gasteiger charge is 2.37. The van der Waals surface area contributed by atoms with Crippen LogP contribution in [0.4, 0.5) is 23.2 Å². The zero-order valence-electron chi connectivity index (χ0n) is 39.3. The van der Waals surface area contributed by atoms with E-state index in [1.807, 2.05) is 0 Å². The second kappa shape index (κ2) is 20.6. The maximum Gasteiger partial charge on any atom is 0.387 e. The Morgan fingerprint density at radius 1 is 0.757 bits per heavy atom. The van der Waals surface area contributed by atoms with E-state index in [4.69, 9.17) is 49.5 Å². The van der Waals surface area contributed by atoms with Gasteiger partial charge in [0.05, 0.1) is 70.0 Å². The number of aromatic amines is 2. The number of aliphatic hydroxyl groups excluding tert-OH is 1. The van der Waals surface area contributed by atoms with Gasteiger partial charge >= 0.3 is 6.61 Å². The van der Waals surface area contributed by atoms with Crippen LogP contribution in [-0.4, -0.2) is 91.1 Å². The van der Waals surface area contributed by atoms with Crippen LogP contribution in [0.1, 0.15) is 86.0 Å². The number of aliphatic hydroxyl groups is 1. The van der Waals surface area contributed by atoms with Gasteiger partial charge in [-0.15, -0.1) is 0 Å². The van der Waals surface area contributed by atoms with E-state index < -0.39 is 56.2 Å².